The van der Waals surface area contributed by atoms with Crippen LogP contribution in [0, 0.1) is 0 Å². The standard InChI is InChI=1S/C21H15BrN2O3/c22-15-5-7-16(8-6-15)23-11-14-12-24(19-4-2-1-3-18(14)19)13-17-9-10-20(27-17)21(25)26/h1-12H,13H2,(H,25,26). The number of hydrogen-bond donors (Lipinski definition) is 1. The lowest BCUT2D eigenvalue weighted by molar-refractivity contribution is 0.0660. The van der Waals surface area contributed by atoms with Crippen LogP contribution in [-0.2, 0) is 6.54 Å². The molecular formula is C21H15BrN2O3. The Morgan fingerprint density at radius 3 is 2.63 bits per heavy atom. The molecule has 0 atom stereocenters. The number of carboxylic acid groups (broad SMARTS) is 1. The highest BCUT2D eigenvalue weighted by molar-refractivity contribution is 9.10. The molecule has 5 nitrogen and oxygen atoms in total. The van der Waals surface area contributed by atoms with Crippen LogP contribution in [0.5, 0.6) is 0 Å². The first-order valence-corrected chi connectivity index (χ1v) is 9.09. The van der Waals surface area contributed by atoms with E-state index in [1.165, 1.54) is 6.07 Å². The van der Waals surface area contributed by atoms with Gasteiger partial charge in [-0.25, -0.2) is 4.79 Å². The van der Waals surface area contributed by atoms with Gasteiger partial charge in [0.2, 0.25) is 5.76 Å². The number of hydrogen-bond acceptors (Lipinski definition) is 3. The van der Waals surface area contributed by atoms with E-state index in [0.29, 0.717) is 12.3 Å². The van der Waals surface area contributed by atoms with Crippen LogP contribution in [0.1, 0.15) is 21.9 Å². The zero-order valence-electron chi connectivity index (χ0n) is 14.2. The predicted octanol–water partition coefficient (Wildman–Crippen LogP) is 5.49. The van der Waals surface area contributed by atoms with Crippen molar-refractivity contribution in [3.63, 3.8) is 0 Å². The van der Waals surface area contributed by atoms with E-state index in [0.717, 1.165) is 26.6 Å². The van der Waals surface area contributed by atoms with E-state index in [2.05, 4.69) is 20.9 Å². The van der Waals surface area contributed by atoms with Gasteiger partial charge in [0, 0.05) is 33.4 Å². The van der Waals surface area contributed by atoms with E-state index in [1.807, 2.05) is 65.5 Å². The van der Waals surface area contributed by atoms with Crippen molar-refractivity contribution in [1.29, 1.82) is 0 Å². The molecule has 27 heavy (non-hydrogen) atoms. The van der Waals surface area contributed by atoms with Gasteiger partial charge in [-0.1, -0.05) is 34.1 Å². The monoisotopic (exact) mass is 422 g/mol. The Morgan fingerprint density at radius 2 is 1.89 bits per heavy atom. The lowest BCUT2D eigenvalue weighted by Crippen LogP contribution is -1.97. The van der Waals surface area contributed by atoms with E-state index in [1.54, 1.807) is 6.07 Å². The molecule has 2 heterocycles. The lowest BCUT2D eigenvalue weighted by atomic mass is 10.2. The number of halogens is 1. The minimum Gasteiger partial charge on any atom is -0.475 e. The Morgan fingerprint density at radius 1 is 1.11 bits per heavy atom. The first-order valence-electron chi connectivity index (χ1n) is 8.30. The number of aromatic nitrogens is 1. The number of aromatic carboxylic acids is 1. The van der Waals surface area contributed by atoms with Crippen LogP contribution >= 0.6 is 15.9 Å². The topological polar surface area (TPSA) is 67.7 Å². The molecule has 0 aliphatic carbocycles. The summed E-state index contributed by atoms with van der Waals surface area (Å²) in [6, 6.07) is 19.0. The second-order valence-corrected chi connectivity index (χ2v) is 6.95. The summed E-state index contributed by atoms with van der Waals surface area (Å²) in [5, 5.41) is 10.1. The lowest BCUT2D eigenvalue weighted by Gasteiger charge is -2.02. The van der Waals surface area contributed by atoms with Crippen molar-refractivity contribution in [2.75, 3.05) is 0 Å². The van der Waals surface area contributed by atoms with Crippen LogP contribution in [0.15, 0.2) is 80.7 Å². The molecule has 0 aliphatic rings. The number of nitrogens with zero attached hydrogens (tertiary/aromatic N) is 2. The average Bonchev–Trinajstić information content (AvgIpc) is 3.27. The van der Waals surface area contributed by atoms with Crippen LogP contribution in [0.25, 0.3) is 10.9 Å². The van der Waals surface area contributed by atoms with Crippen molar-refractivity contribution < 1.29 is 14.3 Å². The Bertz CT molecular complexity index is 1140. The summed E-state index contributed by atoms with van der Waals surface area (Å²) in [6.45, 7) is 0.444. The fraction of sp³-hybridized carbons (Fsp3) is 0.0476. The molecule has 0 bridgehead atoms. The number of carbonyl (C=O) groups is 1. The summed E-state index contributed by atoms with van der Waals surface area (Å²) in [7, 11) is 0. The zero-order chi connectivity index (χ0) is 18.8. The number of benzene rings is 2. The van der Waals surface area contributed by atoms with Gasteiger partial charge in [0.15, 0.2) is 0 Å². The first kappa shape index (κ1) is 17.3. The number of furan rings is 1. The molecule has 0 saturated heterocycles. The van der Waals surface area contributed by atoms with Gasteiger partial charge in [-0.2, -0.15) is 0 Å². The minimum atomic E-state index is -1.07. The molecule has 0 saturated carbocycles. The van der Waals surface area contributed by atoms with Crippen molar-refractivity contribution in [3.05, 3.63) is 88.4 Å². The number of aliphatic imine (C=N–C) groups is 1. The molecule has 6 heteroatoms. The highest BCUT2D eigenvalue weighted by atomic mass is 79.9. The van der Waals surface area contributed by atoms with E-state index in [-0.39, 0.29) is 5.76 Å². The smallest absolute Gasteiger partial charge is 0.371 e. The highest BCUT2D eigenvalue weighted by Gasteiger charge is 2.12. The number of rotatable bonds is 5. The zero-order valence-corrected chi connectivity index (χ0v) is 15.8. The molecule has 134 valence electrons. The average molecular weight is 423 g/mol. The van der Waals surface area contributed by atoms with Gasteiger partial charge in [0.1, 0.15) is 5.76 Å². The Hall–Kier alpha value is -3.12. The molecule has 0 radical (unpaired) electrons. The van der Waals surface area contributed by atoms with Gasteiger partial charge in [0.05, 0.1) is 12.2 Å². The highest BCUT2D eigenvalue weighted by Crippen LogP contribution is 2.23. The second-order valence-electron chi connectivity index (χ2n) is 6.04. The Kier molecular flexibility index (Phi) is 4.64. The summed E-state index contributed by atoms with van der Waals surface area (Å²) < 4.78 is 8.43. The van der Waals surface area contributed by atoms with E-state index < -0.39 is 5.97 Å². The molecule has 0 unspecified atom stereocenters. The van der Waals surface area contributed by atoms with Gasteiger partial charge >= 0.3 is 5.97 Å². The van der Waals surface area contributed by atoms with Crippen molar-refractivity contribution in [2.24, 2.45) is 4.99 Å². The van der Waals surface area contributed by atoms with Gasteiger partial charge in [-0.3, -0.25) is 4.99 Å². The maximum Gasteiger partial charge on any atom is 0.371 e. The van der Waals surface area contributed by atoms with Crippen molar-refractivity contribution in [1.82, 2.24) is 4.57 Å². The molecule has 4 aromatic rings. The van der Waals surface area contributed by atoms with E-state index in [4.69, 9.17) is 9.52 Å². The number of fused-ring (bicyclic) bond motifs is 1. The minimum absolute atomic E-state index is 0.0570. The quantitative estimate of drug-likeness (QED) is 0.432. The molecule has 2 aromatic carbocycles. The second kappa shape index (κ2) is 7.25. The van der Waals surface area contributed by atoms with E-state index in [9.17, 15) is 4.79 Å². The molecule has 2 aromatic heterocycles. The molecule has 1 N–H and O–H groups in total. The first-order chi connectivity index (χ1) is 13.1. The molecule has 0 fully saturated rings. The third kappa shape index (κ3) is 3.71. The Balaban J connectivity index is 1.67. The van der Waals surface area contributed by atoms with Crippen LogP contribution in [-0.4, -0.2) is 21.9 Å². The fourth-order valence-electron chi connectivity index (χ4n) is 2.93. The summed E-state index contributed by atoms with van der Waals surface area (Å²) in [6.07, 6.45) is 3.84. The fourth-order valence-corrected chi connectivity index (χ4v) is 3.19. The molecule has 0 aliphatic heterocycles. The van der Waals surface area contributed by atoms with Gasteiger partial charge in [-0.15, -0.1) is 0 Å². The van der Waals surface area contributed by atoms with Crippen LogP contribution in [0.3, 0.4) is 0 Å². The Labute approximate surface area is 163 Å². The summed E-state index contributed by atoms with van der Waals surface area (Å²) >= 11 is 3.42. The van der Waals surface area contributed by atoms with Crippen LogP contribution < -0.4 is 0 Å². The van der Waals surface area contributed by atoms with Gasteiger partial charge < -0.3 is 14.1 Å². The maximum absolute atomic E-state index is 11.0. The van der Waals surface area contributed by atoms with Gasteiger partial charge in [-0.05, 0) is 42.5 Å². The summed E-state index contributed by atoms with van der Waals surface area (Å²) in [5.41, 5.74) is 2.88. The number of para-hydroxylation sites is 1. The summed E-state index contributed by atoms with van der Waals surface area (Å²) in [4.78, 5) is 15.6. The van der Waals surface area contributed by atoms with Crippen molar-refractivity contribution in [2.45, 2.75) is 6.54 Å². The number of carboxylic acids is 1. The predicted molar refractivity (Wildman–Crippen MR) is 108 cm³/mol. The van der Waals surface area contributed by atoms with Crippen LogP contribution in [0.2, 0.25) is 0 Å². The van der Waals surface area contributed by atoms with E-state index >= 15 is 0 Å². The molecule has 0 spiro atoms. The third-order valence-electron chi connectivity index (χ3n) is 4.20. The van der Waals surface area contributed by atoms with Gasteiger partial charge in [0.25, 0.3) is 0 Å². The normalized spacial score (nSPS) is 11.4. The van der Waals surface area contributed by atoms with Crippen LogP contribution in [0.4, 0.5) is 5.69 Å². The SMILES string of the molecule is O=C(O)c1ccc(Cn2cc(C=Nc3ccc(Br)cc3)c3ccccc32)o1. The van der Waals surface area contributed by atoms with Crippen molar-refractivity contribution in [3.8, 4) is 0 Å². The molecule has 4 rings (SSSR count). The third-order valence-corrected chi connectivity index (χ3v) is 4.73. The largest absolute Gasteiger partial charge is 0.475 e. The molecule has 0 amide bonds. The van der Waals surface area contributed by atoms with Crippen molar-refractivity contribution >= 4 is 44.7 Å². The maximum atomic E-state index is 11.0. The summed E-state index contributed by atoms with van der Waals surface area (Å²) in [5.74, 6) is -0.538. The molecular weight excluding hydrogens is 408 g/mol.